The molecule has 3 aliphatic heterocycles. The third-order valence-corrected chi connectivity index (χ3v) is 14.8. The molecule has 0 spiro atoms. The molecule has 3 fully saturated rings. The number of pyridine rings is 1. The van der Waals surface area contributed by atoms with Gasteiger partial charge in [0.25, 0.3) is 0 Å². The topological polar surface area (TPSA) is 217 Å². The highest BCUT2D eigenvalue weighted by Gasteiger charge is 2.55. The first-order valence-electron chi connectivity index (χ1n) is 24.2. The minimum Gasteiger partial charge on any atom is -0.459 e. The lowest BCUT2D eigenvalue weighted by atomic mass is 9.73. The zero-order chi connectivity index (χ0) is 51.3. The van der Waals surface area contributed by atoms with E-state index in [-0.39, 0.29) is 42.8 Å². The number of ketones is 1. The molecule has 1 aromatic heterocycles. The molecule has 1 unspecified atom stereocenters. The molecule has 0 saturated carbocycles. The maximum absolute atomic E-state index is 14.9. The molecule has 388 valence electrons. The van der Waals surface area contributed by atoms with E-state index in [1.807, 2.05) is 32.8 Å². The fraction of sp³-hybridized carbons (Fsp3) is 0.745. The van der Waals surface area contributed by atoms with E-state index in [2.05, 4.69) is 4.98 Å². The number of hydrogen-bond acceptors (Lipinski definition) is 18. The summed E-state index contributed by atoms with van der Waals surface area (Å²) in [6.45, 7) is 17.9. The second-order valence-corrected chi connectivity index (χ2v) is 20.3. The molecule has 2 aromatic rings. The SMILES string of the molecule is CC[C@H]1OC(=O)[C@H](C)[C@@H](OC2C[C@@](C)(OC)[C@@H](OC(C)=O)[C@H](C)O2)[C@H](C)[C@@H](O[C@@H]2O[C@H](C)C[C@H](N(C)C)[C@H]2O)[C@@](C)(OC)C[C@@H](C)C(=O)[C@H](C)[C@@H](OCOC(=O)c2ccnc3ccccc23)[C@]1(C)O. The Morgan fingerprint density at radius 1 is 0.884 bits per heavy atom. The predicted molar refractivity (Wildman–Crippen MR) is 251 cm³/mol. The van der Waals surface area contributed by atoms with Gasteiger partial charge < -0.3 is 62.5 Å². The third kappa shape index (κ3) is 12.5. The second-order valence-electron chi connectivity index (χ2n) is 20.3. The van der Waals surface area contributed by atoms with Crippen molar-refractivity contribution in [1.82, 2.24) is 9.88 Å². The van der Waals surface area contributed by atoms with Gasteiger partial charge in [0.2, 0.25) is 0 Å². The summed E-state index contributed by atoms with van der Waals surface area (Å²) in [5.41, 5.74) is -3.62. The number of cyclic esters (lactones) is 1. The van der Waals surface area contributed by atoms with Crippen LogP contribution in [0.2, 0.25) is 0 Å². The molecule has 18 nitrogen and oxygen atoms in total. The number of Topliss-reactive ketones (excluding diaryl/α,β-unsaturated/α-hetero) is 1. The molecule has 0 bridgehead atoms. The average molecular weight is 975 g/mol. The average Bonchev–Trinajstić information content (AvgIpc) is 3.30. The lowest BCUT2D eigenvalue weighted by molar-refractivity contribution is -0.320. The summed E-state index contributed by atoms with van der Waals surface area (Å²) in [5, 5.41) is 25.0. The van der Waals surface area contributed by atoms with Crippen molar-refractivity contribution in [2.24, 2.45) is 23.7 Å². The van der Waals surface area contributed by atoms with Crippen molar-refractivity contribution >= 4 is 34.6 Å². The molecular formula is C51H78N2O16. The minimum absolute atomic E-state index is 0.0433. The quantitative estimate of drug-likeness (QED) is 0.146. The molecule has 0 aliphatic carbocycles. The van der Waals surface area contributed by atoms with E-state index >= 15 is 0 Å². The first-order chi connectivity index (χ1) is 32.3. The van der Waals surface area contributed by atoms with E-state index in [0.717, 1.165) is 0 Å². The highest BCUT2D eigenvalue weighted by molar-refractivity contribution is 6.03. The van der Waals surface area contributed by atoms with Gasteiger partial charge in [0.1, 0.15) is 35.3 Å². The molecule has 69 heavy (non-hydrogen) atoms. The largest absolute Gasteiger partial charge is 0.459 e. The molecule has 3 aliphatic rings. The van der Waals surface area contributed by atoms with Crippen LogP contribution in [0.3, 0.4) is 0 Å². The summed E-state index contributed by atoms with van der Waals surface area (Å²) in [6.07, 6.45) is -7.67. The second kappa shape index (κ2) is 23.2. The van der Waals surface area contributed by atoms with Crippen LogP contribution in [-0.2, 0) is 61.8 Å². The number of para-hydroxylation sites is 1. The number of hydrogen-bond donors (Lipinski definition) is 2. The van der Waals surface area contributed by atoms with Gasteiger partial charge in [0.05, 0.1) is 47.0 Å². The summed E-state index contributed by atoms with van der Waals surface area (Å²) in [7, 11) is 6.74. The van der Waals surface area contributed by atoms with Crippen molar-refractivity contribution in [3.8, 4) is 0 Å². The highest BCUT2D eigenvalue weighted by Crippen LogP contribution is 2.42. The molecule has 5 rings (SSSR count). The van der Waals surface area contributed by atoms with Crippen LogP contribution < -0.4 is 0 Å². The number of benzene rings is 1. The molecule has 1 aromatic carbocycles. The van der Waals surface area contributed by atoms with Crippen LogP contribution in [-0.4, -0.2) is 163 Å². The van der Waals surface area contributed by atoms with Gasteiger partial charge >= 0.3 is 17.9 Å². The number of nitrogens with zero attached hydrogens (tertiary/aromatic N) is 2. The molecule has 2 N–H and O–H groups in total. The number of carbonyl (C=O) groups excluding carboxylic acids is 4. The van der Waals surface area contributed by atoms with Crippen LogP contribution in [0, 0.1) is 23.7 Å². The lowest BCUT2D eigenvalue weighted by Gasteiger charge is -2.50. The van der Waals surface area contributed by atoms with Crippen molar-refractivity contribution in [2.45, 2.75) is 186 Å². The lowest BCUT2D eigenvalue weighted by Crippen LogP contribution is -2.62. The number of ether oxygens (including phenoxy) is 10. The summed E-state index contributed by atoms with van der Waals surface area (Å²) >= 11 is 0. The van der Waals surface area contributed by atoms with Crippen LogP contribution in [0.4, 0.5) is 0 Å². The molecule has 3 saturated heterocycles. The number of carbonyl (C=O) groups is 4. The summed E-state index contributed by atoms with van der Waals surface area (Å²) in [4.78, 5) is 61.6. The van der Waals surface area contributed by atoms with Crippen molar-refractivity contribution in [3.05, 3.63) is 42.1 Å². The van der Waals surface area contributed by atoms with Gasteiger partial charge in [-0.3, -0.25) is 19.4 Å². The van der Waals surface area contributed by atoms with Gasteiger partial charge in [-0.1, -0.05) is 45.9 Å². The van der Waals surface area contributed by atoms with Crippen LogP contribution in [0.5, 0.6) is 0 Å². The molecule has 4 heterocycles. The number of likely N-dealkylation sites (N-methyl/N-ethyl adjacent to an activating group) is 1. The van der Waals surface area contributed by atoms with Crippen molar-refractivity contribution in [3.63, 3.8) is 0 Å². The summed E-state index contributed by atoms with van der Waals surface area (Å²) < 4.78 is 62.8. The van der Waals surface area contributed by atoms with Gasteiger partial charge in [-0.15, -0.1) is 0 Å². The van der Waals surface area contributed by atoms with E-state index in [9.17, 15) is 29.4 Å². The zero-order valence-corrected chi connectivity index (χ0v) is 43.2. The van der Waals surface area contributed by atoms with E-state index in [4.69, 9.17) is 47.4 Å². The van der Waals surface area contributed by atoms with Crippen LogP contribution in [0.1, 0.15) is 112 Å². The molecule has 0 amide bonds. The Balaban J connectivity index is 1.58. The maximum Gasteiger partial charge on any atom is 0.340 e. The molecule has 18 atom stereocenters. The Morgan fingerprint density at radius 3 is 2.16 bits per heavy atom. The standard InChI is InChI=1S/C51H78N2O16/c1-16-38-51(11,59)44(62-26-63-47(58)35-21-22-52-36-20-18-17-19-34(35)36)29(4)40(55)27(2)24-49(9,60-14)43(69-48-41(56)37(53(12)13)23-28(3)64-48)30(5)42(31(6)46(57)67-38)68-39-25-50(10,61-15)45(32(7)65-39)66-33(8)54/h17-22,27-32,37-39,41-45,48,56,59H,16,23-26H2,1-15H3/t27-,28-,29+,30+,31-,32+,37+,38-,39?,41-,42+,43-,44-,45+,48+,49+,50-,51-/m1/s1. The molecule has 18 heteroatoms. The fourth-order valence-electron chi connectivity index (χ4n) is 10.8. The summed E-state index contributed by atoms with van der Waals surface area (Å²) in [6, 6.07) is 8.29. The Kier molecular flexibility index (Phi) is 18.9. The minimum atomic E-state index is -2.03. The third-order valence-electron chi connectivity index (χ3n) is 14.8. The normalized spacial score (nSPS) is 39.7. The number of rotatable bonds is 13. The van der Waals surface area contributed by atoms with Crippen molar-refractivity contribution in [1.29, 1.82) is 0 Å². The van der Waals surface area contributed by atoms with Gasteiger partial charge in [0, 0.05) is 62.9 Å². The first-order valence-corrected chi connectivity index (χ1v) is 24.2. The van der Waals surface area contributed by atoms with E-state index in [1.165, 1.54) is 40.3 Å². The maximum atomic E-state index is 14.9. The predicted octanol–water partition coefficient (Wildman–Crippen LogP) is 5.40. The number of esters is 3. The van der Waals surface area contributed by atoms with Gasteiger partial charge in [-0.05, 0) is 87.0 Å². The number of aliphatic hydroxyl groups is 2. The monoisotopic (exact) mass is 975 g/mol. The van der Waals surface area contributed by atoms with Gasteiger partial charge in [-0.25, -0.2) is 4.79 Å². The Hall–Kier alpha value is -3.69. The number of aromatic nitrogens is 1. The highest BCUT2D eigenvalue weighted by atomic mass is 16.7. The number of aliphatic hydroxyl groups excluding tert-OH is 1. The van der Waals surface area contributed by atoms with Gasteiger partial charge in [-0.2, -0.15) is 0 Å². The zero-order valence-electron chi connectivity index (χ0n) is 43.2. The first kappa shape index (κ1) is 56.2. The van der Waals surface area contributed by atoms with E-state index in [0.29, 0.717) is 17.3 Å². The van der Waals surface area contributed by atoms with Crippen molar-refractivity contribution < 1.29 is 76.8 Å². The number of methoxy groups -OCH3 is 2. The Morgan fingerprint density at radius 2 is 1.54 bits per heavy atom. The van der Waals surface area contributed by atoms with E-state index in [1.54, 1.807) is 72.7 Å². The van der Waals surface area contributed by atoms with Gasteiger partial charge in [0.15, 0.2) is 25.5 Å². The van der Waals surface area contributed by atoms with Crippen LogP contribution in [0.15, 0.2) is 36.5 Å². The Bertz CT molecular complexity index is 2060. The summed E-state index contributed by atoms with van der Waals surface area (Å²) in [5.74, 6) is -6.05. The molecule has 0 radical (unpaired) electrons. The van der Waals surface area contributed by atoms with Crippen molar-refractivity contribution in [2.75, 3.05) is 35.1 Å². The molecular weight excluding hydrogens is 897 g/mol. The smallest absolute Gasteiger partial charge is 0.340 e. The Labute approximate surface area is 407 Å². The number of fused-ring (bicyclic) bond motifs is 1. The fourth-order valence-corrected chi connectivity index (χ4v) is 10.8. The van der Waals surface area contributed by atoms with Crippen LogP contribution >= 0.6 is 0 Å². The van der Waals surface area contributed by atoms with Crippen LogP contribution in [0.25, 0.3) is 10.9 Å². The van der Waals surface area contributed by atoms with E-state index < -0.39 is 120 Å².